The monoisotopic (exact) mass is 298 g/mol. The van der Waals surface area contributed by atoms with Crippen molar-refractivity contribution in [1.29, 1.82) is 0 Å². The van der Waals surface area contributed by atoms with Crippen LogP contribution in [0.25, 0.3) is 6.08 Å². The van der Waals surface area contributed by atoms with Gasteiger partial charge in [0.1, 0.15) is 6.10 Å². The van der Waals surface area contributed by atoms with Crippen molar-refractivity contribution in [1.82, 2.24) is 9.55 Å². The minimum absolute atomic E-state index is 0.0637. The zero-order chi connectivity index (χ0) is 15.6. The minimum atomic E-state index is -1.25. The summed E-state index contributed by atoms with van der Waals surface area (Å²) in [6, 6.07) is 0. The van der Waals surface area contributed by atoms with E-state index in [0.29, 0.717) is 0 Å². The Morgan fingerprint density at radius 3 is 2.81 bits per heavy atom. The molecule has 1 aromatic rings. The number of aromatic nitrogens is 2. The Bertz CT molecular complexity index is 675. The second-order valence-electron chi connectivity index (χ2n) is 4.58. The SMILES string of the molecule is O=C(O)/C=C/c1cn([C@H]2OC[C@@H](CO)[C@@H]2O)c(=O)[nH]c1=O. The Labute approximate surface area is 117 Å². The third-order valence-corrected chi connectivity index (χ3v) is 3.17. The smallest absolute Gasteiger partial charge is 0.330 e. The maximum Gasteiger partial charge on any atom is 0.330 e. The number of carbonyl (C=O) groups is 1. The van der Waals surface area contributed by atoms with Crippen molar-refractivity contribution in [3.63, 3.8) is 0 Å². The number of hydrogen-bond donors (Lipinski definition) is 4. The number of nitrogens with one attached hydrogen (secondary N) is 1. The highest BCUT2D eigenvalue weighted by Crippen LogP contribution is 2.27. The number of carboxylic acids is 1. The van der Waals surface area contributed by atoms with Crippen molar-refractivity contribution in [2.24, 2.45) is 5.92 Å². The fourth-order valence-corrected chi connectivity index (χ4v) is 2.03. The largest absolute Gasteiger partial charge is 0.478 e. The van der Waals surface area contributed by atoms with Crippen molar-refractivity contribution in [2.75, 3.05) is 13.2 Å². The number of aliphatic hydroxyl groups excluding tert-OH is 2. The molecule has 0 aromatic carbocycles. The fourth-order valence-electron chi connectivity index (χ4n) is 2.03. The number of carboxylic acid groups (broad SMARTS) is 1. The molecule has 114 valence electrons. The van der Waals surface area contributed by atoms with Crippen molar-refractivity contribution in [3.8, 4) is 0 Å². The Morgan fingerprint density at radius 2 is 2.24 bits per heavy atom. The van der Waals surface area contributed by atoms with Crippen molar-refractivity contribution in [2.45, 2.75) is 12.3 Å². The normalized spacial score (nSPS) is 25.5. The highest BCUT2D eigenvalue weighted by atomic mass is 16.5. The van der Waals surface area contributed by atoms with Crippen LogP contribution in [0.2, 0.25) is 0 Å². The molecule has 0 spiro atoms. The Hall–Kier alpha value is -2.23. The molecule has 0 saturated carbocycles. The molecule has 21 heavy (non-hydrogen) atoms. The van der Waals surface area contributed by atoms with Gasteiger partial charge in [-0.25, -0.2) is 9.59 Å². The molecule has 1 aliphatic rings. The van der Waals surface area contributed by atoms with Gasteiger partial charge in [0.25, 0.3) is 5.56 Å². The van der Waals surface area contributed by atoms with Gasteiger partial charge in [-0.1, -0.05) is 0 Å². The first-order valence-electron chi connectivity index (χ1n) is 6.11. The Kier molecular flexibility index (Phi) is 4.36. The maximum absolute atomic E-state index is 11.8. The summed E-state index contributed by atoms with van der Waals surface area (Å²) in [6.45, 7) is -0.240. The summed E-state index contributed by atoms with van der Waals surface area (Å²) in [5.41, 5.74) is -1.62. The molecule has 1 saturated heterocycles. The maximum atomic E-state index is 11.8. The lowest BCUT2D eigenvalue weighted by Gasteiger charge is -2.18. The predicted molar refractivity (Wildman–Crippen MR) is 69.6 cm³/mol. The predicted octanol–water partition coefficient (Wildman–Crippen LogP) is -1.87. The van der Waals surface area contributed by atoms with Crippen LogP contribution in [-0.2, 0) is 9.53 Å². The van der Waals surface area contributed by atoms with Gasteiger partial charge in [-0.3, -0.25) is 14.3 Å². The number of nitrogens with zero attached hydrogens (tertiary/aromatic N) is 1. The van der Waals surface area contributed by atoms with Gasteiger partial charge in [-0.15, -0.1) is 0 Å². The molecule has 1 aliphatic heterocycles. The van der Waals surface area contributed by atoms with Gasteiger partial charge in [-0.2, -0.15) is 0 Å². The average molecular weight is 298 g/mol. The molecule has 2 heterocycles. The molecule has 9 heteroatoms. The number of ether oxygens (including phenoxy) is 1. The van der Waals surface area contributed by atoms with E-state index in [4.69, 9.17) is 14.9 Å². The molecule has 9 nitrogen and oxygen atoms in total. The topological polar surface area (TPSA) is 142 Å². The summed E-state index contributed by atoms with van der Waals surface area (Å²) in [5, 5.41) is 27.6. The summed E-state index contributed by atoms with van der Waals surface area (Å²) in [7, 11) is 0. The first-order valence-corrected chi connectivity index (χ1v) is 6.11. The van der Waals surface area contributed by atoms with Crippen molar-refractivity contribution >= 4 is 12.0 Å². The van der Waals surface area contributed by atoms with E-state index in [1.807, 2.05) is 4.98 Å². The van der Waals surface area contributed by atoms with Gasteiger partial charge in [0, 0.05) is 18.2 Å². The zero-order valence-electron chi connectivity index (χ0n) is 10.8. The summed E-state index contributed by atoms with van der Waals surface area (Å²) in [4.78, 5) is 35.8. The minimum Gasteiger partial charge on any atom is -0.478 e. The van der Waals surface area contributed by atoms with E-state index in [1.54, 1.807) is 0 Å². The van der Waals surface area contributed by atoms with Crippen LogP contribution in [0.3, 0.4) is 0 Å². The van der Waals surface area contributed by atoms with Gasteiger partial charge >= 0.3 is 11.7 Å². The van der Waals surface area contributed by atoms with E-state index >= 15 is 0 Å². The third kappa shape index (κ3) is 3.10. The lowest BCUT2D eigenvalue weighted by atomic mass is 10.1. The lowest BCUT2D eigenvalue weighted by Crippen LogP contribution is -2.37. The lowest BCUT2D eigenvalue weighted by molar-refractivity contribution is -0.131. The van der Waals surface area contributed by atoms with Crippen LogP contribution in [0, 0.1) is 5.92 Å². The van der Waals surface area contributed by atoms with E-state index in [-0.39, 0.29) is 18.8 Å². The number of aliphatic hydroxyl groups is 2. The van der Waals surface area contributed by atoms with Gasteiger partial charge in [0.2, 0.25) is 0 Å². The number of H-pyrrole nitrogens is 1. The van der Waals surface area contributed by atoms with Gasteiger partial charge in [0.15, 0.2) is 6.23 Å². The van der Waals surface area contributed by atoms with Gasteiger partial charge in [-0.05, 0) is 6.08 Å². The van der Waals surface area contributed by atoms with E-state index < -0.39 is 35.5 Å². The van der Waals surface area contributed by atoms with Crippen LogP contribution in [0.15, 0.2) is 21.9 Å². The highest BCUT2D eigenvalue weighted by molar-refractivity contribution is 5.85. The number of hydrogen-bond acceptors (Lipinski definition) is 6. The van der Waals surface area contributed by atoms with Gasteiger partial charge in [0.05, 0.1) is 18.8 Å². The first-order chi connectivity index (χ1) is 9.93. The number of aromatic amines is 1. The zero-order valence-corrected chi connectivity index (χ0v) is 10.8. The highest BCUT2D eigenvalue weighted by Gasteiger charge is 2.37. The summed E-state index contributed by atoms with van der Waals surface area (Å²) in [5.74, 6) is -1.78. The summed E-state index contributed by atoms with van der Waals surface area (Å²) < 4.78 is 6.21. The Morgan fingerprint density at radius 1 is 1.52 bits per heavy atom. The molecule has 2 rings (SSSR count). The third-order valence-electron chi connectivity index (χ3n) is 3.17. The fraction of sp³-hybridized carbons (Fsp3) is 0.417. The summed E-state index contributed by atoms with van der Waals surface area (Å²) in [6.07, 6.45) is 0.719. The van der Waals surface area contributed by atoms with Crippen molar-refractivity contribution in [3.05, 3.63) is 38.7 Å². The van der Waals surface area contributed by atoms with Crippen LogP contribution in [0.1, 0.15) is 11.8 Å². The molecular weight excluding hydrogens is 284 g/mol. The van der Waals surface area contributed by atoms with Crippen LogP contribution in [0.5, 0.6) is 0 Å². The van der Waals surface area contributed by atoms with Crippen molar-refractivity contribution < 1.29 is 24.9 Å². The van der Waals surface area contributed by atoms with E-state index in [2.05, 4.69) is 0 Å². The number of aliphatic carboxylic acids is 1. The molecule has 0 aliphatic carbocycles. The second kappa shape index (κ2) is 6.04. The van der Waals surface area contributed by atoms with E-state index in [1.165, 1.54) is 0 Å². The molecule has 3 atom stereocenters. The van der Waals surface area contributed by atoms with Crippen LogP contribution in [0.4, 0.5) is 0 Å². The van der Waals surface area contributed by atoms with Crippen LogP contribution < -0.4 is 11.2 Å². The molecular formula is C12H14N2O7. The molecule has 1 aromatic heterocycles. The quantitative estimate of drug-likeness (QED) is 0.477. The van der Waals surface area contributed by atoms with Crippen LogP contribution >= 0.6 is 0 Å². The van der Waals surface area contributed by atoms with E-state index in [0.717, 1.165) is 22.9 Å². The first kappa shape index (κ1) is 15.2. The molecule has 0 radical (unpaired) electrons. The molecule has 1 fully saturated rings. The average Bonchev–Trinajstić information content (AvgIpc) is 2.78. The standard InChI is InChI=1S/C12H14N2O7/c15-4-7-5-21-11(9(7)18)14-3-6(1-2-8(16)17)10(19)13-12(14)20/h1-3,7,9,11,15,18H,4-5H2,(H,16,17)(H,13,19,20)/b2-1+/t7-,9+,11+/m1/s1. The molecule has 0 bridgehead atoms. The van der Waals surface area contributed by atoms with E-state index in [9.17, 15) is 19.5 Å². The second-order valence-corrected chi connectivity index (χ2v) is 4.58. The van der Waals surface area contributed by atoms with Gasteiger partial charge < -0.3 is 20.1 Å². The molecule has 4 N–H and O–H groups in total. The molecule has 0 unspecified atom stereocenters. The number of rotatable bonds is 4. The summed E-state index contributed by atoms with van der Waals surface area (Å²) >= 11 is 0. The Balaban J connectivity index is 2.41. The molecule has 0 amide bonds. The van der Waals surface area contributed by atoms with Crippen LogP contribution in [-0.4, -0.2) is 50.2 Å².